The molecule has 24 heavy (non-hydrogen) atoms. The third-order valence-electron chi connectivity index (χ3n) is 3.81. The van der Waals surface area contributed by atoms with Crippen LogP contribution < -0.4 is 15.2 Å². The van der Waals surface area contributed by atoms with Gasteiger partial charge in [-0.2, -0.15) is 0 Å². The molecule has 2 aromatic carbocycles. The number of amides is 1. The molecule has 0 unspecified atom stereocenters. The summed E-state index contributed by atoms with van der Waals surface area (Å²) in [6.45, 7) is 2.09. The van der Waals surface area contributed by atoms with Gasteiger partial charge < -0.3 is 10.3 Å². The van der Waals surface area contributed by atoms with Crippen molar-refractivity contribution in [2.24, 2.45) is 0 Å². The third-order valence-corrected chi connectivity index (χ3v) is 5.58. The Morgan fingerprint density at radius 2 is 1.88 bits per heavy atom. The molecule has 1 aliphatic rings. The van der Waals surface area contributed by atoms with Crippen molar-refractivity contribution >= 4 is 43.2 Å². The third kappa shape index (κ3) is 3.45. The zero-order valence-electron chi connectivity index (χ0n) is 12.9. The van der Waals surface area contributed by atoms with Crippen LogP contribution in [0.1, 0.15) is 12.5 Å². The summed E-state index contributed by atoms with van der Waals surface area (Å²) in [5.41, 5.74) is 4.95. The van der Waals surface area contributed by atoms with Crippen molar-refractivity contribution < 1.29 is 13.2 Å². The molecule has 0 fully saturated rings. The average Bonchev–Trinajstić information content (AvgIpc) is 2.97. The van der Waals surface area contributed by atoms with Crippen LogP contribution in [-0.4, -0.2) is 20.9 Å². The fourth-order valence-corrected chi connectivity index (χ4v) is 3.77. The maximum Gasteiger partial charge on any atom is 0.257 e. The second-order valence-corrected chi connectivity index (χ2v) is 8.05. The van der Waals surface area contributed by atoms with Crippen molar-refractivity contribution in [3.8, 4) is 0 Å². The number of hydrazine groups is 1. The lowest BCUT2D eigenvalue weighted by atomic mass is 10.2. The van der Waals surface area contributed by atoms with E-state index in [9.17, 15) is 13.2 Å². The largest absolute Gasteiger partial charge is 0.312 e. The molecule has 0 spiro atoms. The quantitative estimate of drug-likeness (QED) is 0.760. The second-order valence-electron chi connectivity index (χ2n) is 5.45. The highest BCUT2D eigenvalue weighted by Gasteiger charge is 2.24. The number of nitrogens with one attached hydrogen (secondary N) is 2. The van der Waals surface area contributed by atoms with Crippen molar-refractivity contribution in [3.05, 3.63) is 52.5 Å². The molecule has 0 bridgehead atoms. The van der Waals surface area contributed by atoms with Crippen LogP contribution >= 0.6 is 15.9 Å². The summed E-state index contributed by atoms with van der Waals surface area (Å²) in [5, 5.41) is 0. The minimum absolute atomic E-state index is 0.0422. The molecule has 1 heterocycles. The zero-order chi connectivity index (χ0) is 17.3. The van der Waals surface area contributed by atoms with E-state index >= 15 is 0 Å². The molecule has 1 aliphatic heterocycles. The Kier molecular flexibility index (Phi) is 4.62. The number of anilines is 2. The van der Waals surface area contributed by atoms with Crippen LogP contribution in [0.15, 0.2) is 51.8 Å². The summed E-state index contributed by atoms with van der Waals surface area (Å²) in [7, 11) is -3.70. The van der Waals surface area contributed by atoms with Gasteiger partial charge in [-0.3, -0.25) is 4.79 Å². The van der Waals surface area contributed by atoms with E-state index in [2.05, 4.69) is 26.2 Å². The van der Waals surface area contributed by atoms with E-state index in [1.807, 2.05) is 12.1 Å². The lowest BCUT2D eigenvalue weighted by Crippen LogP contribution is -2.29. The fraction of sp³-hybridized carbons (Fsp3) is 0.188. The van der Waals surface area contributed by atoms with Gasteiger partial charge in [-0.05, 0) is 54.4 Å². The summed E-state index contributed by atoms with van der Waals surface area (Å²) in [6.07, 6.45) is 0.651. The van der Waals surface area contributed by atoms with E-state index in [1.165, 1.54) is 13.0 Å². The molecule has 2 N–H and O–H groups in total. The van der Waals surface area contributed by atoms with Crippen molar-refractivity contribution in [2.75, 3.05) is 16.9 Å². The summed E-state index contributed by atoms with van der Waals surface area (Å²) in [4.78, 5) is 15.7. The number of nitrogens with zero attached hydrogens (tertiary/aromatic N) is 1. The molecule has 6 nitrogen and oxygen atoms in total. The fourth-order valence-electron chi connectivity index (χ4n) is 2.59. The van der Waals surface area contributed by atoms with Gasteiger partial charge in [-0.15, -0.1) is 4.83 Å². The lowest BCUT2D eigenvalue weighted by molar-refractivity contribution is -0.116. The molecular formula is C16H16BrN3O3S. The van der Waals surface area contributed by atoms with Crippen LogP contribution in [0.2, 0.25) is 0 Å². The van der Waals surface area contributed by atoms with E-state index in [1.54, 1.807) is 29.2 Å². The highest BCUT2D eigenvalue weighted by Crippen LogP contribution is 2.30. The smallest absolute Gasteiger partial charge is 0.257 e. The average molecular weight is 410 g/mol. The summed E-state index contributed by atoms with van der Waals surface area (Å²) in [6, 6.07) is 11.9. The molecule has 0 saturated heterocycles. The first-order chi connectivity index (χ1) is 11.4. The van der Waals surface area contributed by atoms with Crippen molar-refractivity contribution in [1.82, 2.24) is 4.83 Å². The van der Waals surface area contributed by atoms with Gasteiger partial charge in [0.1, 0.15) is 0 Å². The maximum absolute atomic E-state index is 12.4. The molecule has 8 heteroatoms. The highest BCUT2D eigenvalue weighted by molar-refractivity contribution is 9.10. The summed E-state index contributed by atoms with van der Waals surface area (Å²) < 4.78 is 25.8. The molecule has 0 radical (unpaired) electrons. The van der Waals surface area contributed by atoms with Crippen molar-refractivity contribution in [3.63, 3.8) is 0 Å². The second kappa shape index (κ2) is 6.54. The number of sulfonamides is 1. The van der Waals surface area contributed by atoms with Gasteiger partial charge in [0.15, 0.2) is 0 Å². The minimum atomic E-state index is -3.70. The van der Waals surface area contributed by atoms with E-state index in [-0.39, 0.29) is 10.8 Å². The van der Waals surface area contributed by atoms with E-state index in [0.717, 1.165) is 15.7 Å². The minimum Gasteiger partial charge on any atom is -0.312 e. The van der Waals surface area contributed by atoms with Crippen LogP contribution in [0.3, 0.4) is 0 Å². The van der Waals surface area contributed by atoms with Crippen LogP contribution in [-0.2, 0) is 21.2 Å². The number of rotatable bonds is 4. The van der Waals surface area contributed by atoms with Crippen LogP contribution in [0.5, 0.6) is 0 Å². The number of benzene rings is 2. The first-order valence-electron chi connectivity index (χ1n) is 7.31. The number of halogens is 1. The van der Waals surface area contributed by atoms with Crippen LogP contribution in [0, 0.1) is 0 Å². The Morgan fingerprint density at radius 1 is 1.17 bits per heavy atom. The first-order valence-corrected chi connectivity index (χ1v) is 9.59. The topological polar surface area (TPSA) is 78.5 Å². The predicted octanol–water partition coefficient (Wildman–Crippen LogP) is 2.66. The Balaban J connectivity index is 1.78. The van der Waals surface area contributed by atoms with E-state index < -0.39 is 10.0 Å². The monoisotopic (exact) mass is 409 g/mol. The SMILES string of the molecule is CC(=O)N1CCc2cc(S(=O)(=O)NNc3ccc(Br)cc3)ccc21. The van der Waals surface area contributed by atoms with Gasteiger partial charge in [0.2, 0.25) is 5.91 Å². The molecule has 0 atom stereocenters. The number of fused-ring (bicyclic) bond motifs is 1. The first kappa shape index (κ1) is 16.9. The number of carbonyl (C=O) groups excluding carboxylic acids is 1. The number of carbonyl (C=O) groups is 1. The van der Waals surface area contributed by atoms with Crippen molar-refractivity contribution in [1.29, 1.82) is 0 Å². The van der Waals surface area contributed by atoms with Gasteiger partial charge in [0, 0.05) is 29.3 Å². The molecule has 0 aliphatic carbocycles. The normalized spacial score (nSPS) is 13.7. The number of hydrogen-bond acceptors (Lipinski definition) is 4. The Labute approximate surface area is 149 Å². The Hall–Kier alpha value is -1.90. The Bertz CT molecular complexity index is 882. The number of hydrogen-bond donors (Lipinski definition) is 2. The van der Waals surface area contributed by atoms with Gasteiger partial charge >= 0.3 is 0 Å². The molecule has 0 saturated carbocycles. The van der Waals surface area contributed by atoms with Gasteiger partial charge in [-0.25, -0.2) is 8.42 Å². The maximum atomic E-state index is 12.4. The van der Waals surface area contributed by atoms with Crippen LogP contribution in [0.25, 0.3) is 0 Å². The van der Waals surface area contributed by atoms with Crippen LogP contribution in [0.4, 0.5) is 11.4 Å². The van der Waals surface area contributed by atoms with Crippen molar-refractivity contribution in [2.45, 2.75) is 18.2 Å². The van der Waals surface area contributed by atoms with Gasteiger partial charge in [0.05, 0.1) is 4.90 Å². The summed E-state index contributed by atoms with van der Waals surface area (Å²) >= 11 is 3.32. The zero-order valence-corrected chi connectivity index (χ0v) is 15.3. The van der Waals surface area contributed by atoms with E-state index in [0.29, 0.717) is 18.7 Å². The molecular weight excluding hydrogens is 394 g/mol. The molecule has 3 rings (SSSR count). The lowest BCUT2D eigenvalue weighted by Gasteiger charge is -2.15. The predicted molar refractivity (Wildman–Crippen MR) is 96.3 cm³/mol. The highest BCUT2D eigenvalue weighted by atomic mass is 79.9. The molecule has 0 aromatic heterocycles. The summed E-state index contributed by atoms with van der Waals surface area (Å²) in [5.74, 6) is -0.0422. The van der Waals surface area contributed by atoms with Gasteiger partial charge in [0.25, 0.3) is 10.0 Å². The Morgan fingerprint density at radius 3 is 2.54 bits per heavy atom. The molecule has 126 valence electrons. The standard InChI is InChI=1S/C16H16BrN3O3S/c1-11(21)20-9-8-12-10-15(6-7-16(12)20)24(22,23)19-18-14-4-2-13(17)3-5-14/h2-7,10,18-19H,8-9H2,1H3. The van der Waals surface area contributed by atoms with Gasteiger partial charge in [-0.1, -0.05) is 15.9 Å². The molecule has 2 aromatic rings. The molecule has 1 amide bonds. The van der Waals surface area contributed by atoms with E-state index in [4.69, 9.17) is 0 Å².